The monoisotopic (exact) mass is 718 g/mol. The number of nitrogens with zero attached hydrogens (tertiary/aromatic N) is 4. The summed E-state index contributed by atoms with van der Waals surface area (Å²) < 4.78 is 4.91. The molecule has 0 N–H and O–H groups in total. The number of aromatic nitrogens is 4. The minimum atomic E-state index is 0.866. The summed E-state index contributed by atoms with van der Waals surface area (Å²) in [4.78, 5) is 13.0. The molecule has 4 nitrogen and oxygen atoms in total. The summed E-state index contributed by atoms with van der Waals surface area (Å²) in [5.74, 6) is 0. The van der Waals surface area contributed by atoms with E-state index in [4.69, 9.17) is 9.97 Å². The van der Waals surface area contributed by atoms with Crippen LogP contribution >= 0.6 is 11.8 Å². The molecule has 12 rings (SSSR count). The van der Waals surface area contributed by atoms with Crippen LogP contribution in [0.3, 0.4) is 0 Å². The van der Waals surface area contributed by atoms with Crippen LogP contribution in [-0.4, -0.2) is 19.1 Å². The van der Waals surface area contributed by atoms with E-state index >= 15 is 0 Å². The molecule has 0 radical (unpaired) electrons. The van der Waals surface area contributed by atoms with Crippen LogP contribution in [0.4, 0.5) is 0 Å². The molecule has 0 amide bonds. The second-order valence-electron chi connectivity index (χ2n) is 14.2. The highest BCUT2D eigenvalue weighted by Gasteiger charge is 2.27. The summed E-state index contributed by atoms with van der Waals surface area (Å²) in [6.07, 6.45) is 0. The number of hydrogen-bond acceptors (Lipinski definition) is 3. The van der Waals surface area contributed by atoms with Crippen LogP contribution in [0.1, 0.15) is 0 Å². The summed E-state index contributed by atoms with van der Waals surface area (Å²) in [7, 11) is 0. The molecule has 1 aliphatic rings. The van der Waals surface area contributed by atoms with Gasteiger partial charge in [-0.1, -0.05) is 139 Å². The van der Waals surface area contributed by atoms with Crippen LogP contribution in [0.25, 0.3) is 99.7 Å². The molecule has 0 saturated carbocycles. The smallest absolute Gasteiger partial charge is 0.131 e. The van der Waals surface area contributed by atoms with Gasteiger partial charge in [0.25, 0.3) is 0 Å². The fraction of sp³-hybridized carbons (Fsp3) is 0. The van der Waals surface area contributed by atoms with E-state index in [1.54, 1.807) is 0 Å². The van der Waals surface area contributed by atoms with Crippen molar-refractivity contribution in [2.75, 3.05) is 0 Å². The Balaban J connectivity index is 1.02. The molecule has 1 aliphatic heterocycles. The van der Waals surface area contributed by atoms with E-state index in [0.29, 0.717) is 0 Å². The van der Waals surface area contributed by atoms with E-state index in [1.807, 2.05) is 36.0 Å². The van der Waals surface area contributed by atoms with Crippen molar-refractivity contribution in [2.24, 2.45) is 0 Å². The second kappa shape index (κ2) is 11.8. The molecule has 3 aromatic heterocycles. The van der Waals surface area contributed by atoms with Gasteiger partial charge in [-0.2, -0.15) is 0 Å². The van der Waals surface area contributed by atoms with Gasteiger partial charge in [-0.15, -0.1) is 0 Å². The predicted molar refractivity (Wildman–Crippen MR) is 229 cm³/mol. The van der Waals surface area contributed by atoms with Crippen molar-refractivity contribution in [1.82, 2.24) is 19.1 Å². The number of para-hydroxylation sites is 5. The lowest BCUT2D eigenvalue weighted by Crippen LogP contribution is -2.05. The van der Waals surface area contributed by atoms with Crippen molar-refractivity contribution in [1.29, 1.82) is 0 Å². The van der Waals surface area contributed by atoms with E-state index in [1.165, 1.54) is 70.2 Å². The van der Waals surface area contributed by atoms with Gasteiger partial charge >= 0.3 is 0 Å². The second-order valence-corrected chi connectivity index (χ2v) is 15.3. The topological polar surface area (TPSA) is 35.6 Å². The SMILES string of the molecule is c1ccc2c(c1)Sc1cccc3c4c5ccccc5n(-c5ccc(-c6nc7ccccc7nc6-c6ccc(-c7ccc8ccccc8c7)cc6)cc5)c4n-2c13. The molecule has 4 heterocycles. The minimum Gasteiger partial charge on any atom is -0.295 e. The van der Waals surface area contributed by atoms with Gasteiger partial charge < -0.3 is 0 Å². The molecule has 55 heavy (non-hydrogen) atoms. The van der Waals surface area contributed by atoms with Gasteiger partial charge in [0.15, 0.2) is 0 Å². The van der Waals surface area contributed by atoms with E-state index in [-0.39, 0.29) is 0 Å². The predicted octanol–water partition coefficient (Wildman–Crippen LogP) is 13.3. The first-order valence-electron chi connectivity index (χ1n) is 18.6. The molecule has 11 aromatic rings. The molecule has 0 spiro atoms. The lowest BCUT2D eigenvalue weighted by Gasteiger charge is -2.21. The zero-order valence-electron chi connectivity index (χ0n) is 29.5. The average molecular weight is 719 g/mol. The largest absolute Gasteiger partial charge is 0.295 e. The van der Waals surface area contributed by atoms with Crippen LogP contribution in [0, 0.1) is 0 Å². The highest BCUT2D eigenvalue weighted by Crippen LogP contribution is 2.49. The summed E-state index contributed by atoms with van der Waals surface area (Å²) >= 11 is 1.86. The molecule has 5 heteroatoms. The Kier molecular flexibility index (Phi) is 6.53. The van der Waals surface area contributed by atoms with Gasteiger partial charge in [-0.25, -0.2) is 9.97 Å². The van der Waals surface area contributed by atoms with E-state index in [0.717, 1.165) is 39.2 Å². The fourth-order valence-corrected chi connectivity index (χ4v) is 9.64. The van der Waals surface area contributed by atoms with Crippen molar-refractivity contribution in [3.05, 3.63) is 182 Å². The van der Waals surface area contributed by atoms with Crippen molar-refractivity contribution in [3.8, 4) is 45.0 Å². The molecule has 0 atom stereocenters. The Hall–Kier alpha value is -6.95. The maximum Gasteiger partial charge on any atom is 0.131 e. The summed E-state index contributed by atoms with van der Waals surface area (Å²) in [5, 5.41) is 6.30. The van der Waals surface area contributed by atoms with Gasteiger partial charge in [0.2, 0.25) is 0 Å². The van der Waals surface area contributed by atoms with Crippen LogP contribution in [0.5, 0.6) is 0 Å². The molecule has 0 unspecified atom stereocenters. The van der Waals surface area contributed by atoms with Gasteiger partial charge in [-0.3, -0.25) is 9.13 Å². The maximum atomic E-state index is 5.25. The van der Waals surface area contributed by atoms with Crippen LogP contribution in [-0.2, 0) is 0 Å². The molecule has 0 bridgehead atoms. The van der Waals surface area contributed by atoms with Crippen LogP contribution in [0.2, 0.25) is 0 Å². The third kappa shape index (κ3) is 4.60. The minimum absolute atomic E-state index is 0.866. The Morgan fingerprint density at radius 1 is 0.418 bits per heavy atom. The van der Waals surface area contributed by atoms with Gasteiger partial charge in [0.05, 0.1) is 39.1 Å². The molecule has 0 aliphatic carbocycles. The number of rotatable bonds is 4. The summed E-state index contributed by atoms with van der Waals surface area (Å²) in [5.41, 5.74) is 13.9. The first kappa shape index (κ1) is 30.5. The maximum absolute atomic E-state index is 5.25. The van der Waals surface area contributed by atoms with Crippen molar-refractivity contribution < 1.29 is 0 Å². The molecule has 0 saturated heterocycles. The average Bonchev–Trinajstić information content (AvgIpc) is 3.77. The summed E-state index contributed by atoms with van der Waals surface area (Å²) in [6, 6.07) is 65.2. The molecular weight excluding hydrogens is 689 g/mol. The van der Waals surface area contributed by atoms with Crippen LogP contribution < -0.4 is 0 Å². The normalized spacial score (nSPS) is 12.3. The first-order chi connectivity index (χ1) is 27.3. The first-order valence-corrected chi connectivity index (χ1v) is 19.4. The fourth-order valence-electron chi connectivity index (χ4n) is 8.55. The van der Waals surface area contributed by atoms with Gasteiger partial charge in [0.1, 0.15) is 5.65 Å². The van der Waals surface area contributed by atoms with E-state index in [9.17, 15) is 0 Å². The lowest BCUT2D eigenvalue weighted by molar-refractivity contribution is 1.03. The molecule has 8 aromatic carbocycles. The number of fused-ring (bicyclic) bond motifs is 9. The Morgan fingerprint density at radius 2 is 1.02 bits per heavy atom. The quantitative estimate of drug-likeness (QED) is 0.182. The Morgan fingerprint density at radius 3 is 1.82 bits per heavy atom. The Bertz CT molecular complexity index is 3340. The van der Waals surface area contributed by atoms with Crippen molar-refractivity contribution in [2.45, 2.75) is 9.79 Å². The lowest BCUT2D eigenvalue weighted by atomic mass is 9.98. The number of hydrogen-bond donors (Lipinski definition) is 0. The molecule has 0 fully saturated rings. The van der Waals surface area contributed by atoms with E-state index in [2.05, 4.69) is 167 Å². The third-order valence-corrected chi connectivity index (χ3v) is 12.2. The van der Waals surface area contributed by atoms with Crippen molar-refractivity contribution >= 4 is 66.4 Å². The highest BCUT2D eigenvalue weighted by molar-refractivity contribution is 7.99. The van der Waals surface area contributed by atoms with Crippen molar-refractivity contribution in [3.63, 3.8) is 0 Å². The Labute approximate surface area is 321 Å². The van der Waals surface area contributed by atoms with E-state index < -0.39 is 0 Å². The number of benzene rings is 8. The van der Waals surface area contributed by atoms with Crippen LogP contribution in [0.15, 0.2) is 192 Å². The van der Waals surface area contributed by atoms with Gasteiger partial charge in [-0.05, 0) is 76.5 Å². The van der Waals surface area contributed by atoms with Gasteiger partial charge in [0, 0.05) is 42.8 Å². The molecular formula is C50H30N4S. The highest BCUT2D eigenvalue weighted by atomic mass is 32.2. The third-order valence-electron chi connectivity index (χ3n) is 11.1. The zero-order chi connectivity index (χ0) is 36.0. The summed E-state index contributed by atoms with van der Waals surface area (Å²) in [6.45, 7) is 0. The molecule has 256 valence electrons. The zero-order valence-corrected chi connectivity index (χ0v) is 30.3. The standard InChI is InChI=1S/C50H30N4S/c1-2-11-35-30-36(25-22-31(35)10-1)32-20-23-33(24-21-32)47-48(52-41-15-5-4-14-40(41)51-47)34-26-28-37(29-27-34)53-42-16-6-3-12-38(42)46-39-13-9-19-45-49(39)54(50(46)53)43-17-7-8-18-44(43)55-45/h1-30H.